The zero-order chi connectivity index (χ0) is 23.1. The molecule has 1 saturated carbocycles. The second-order valence-electron chi connectivity index (χ2n) is 7.92. The van der Waals surface area contributed by atoms with Gasteiger partial charge in [0.15, 0.2) is 0 Å². The van der Waals surface area contributed by atoms with E-state index in [1.165, 1.54) is 23.1 Å². The van der Waals surface area contributed by atoms with Crippen molar-refractivity contribution in [3.05, 3.63) is 58.9 Å². The standard InChI is InChI=1S/C21H21ClFN3O5S/c22-14-8-13(9-15(23)10-14)12-24-19(27)21(29)6-7-26(20(21)28)17-3-1-2-16(11-17)25-32(30,31)18-4-5-18/h1-3,8-11,18,25,29H,4-7,12H2,(H,24,27)/t21-/m1/s1. The third-order valence-corrected chi connectivity index (χ3v) is 7.52. The SMILES string of the molecule is O=C(NCc1cc(F)cc(Cl)c1)[C@]1(O)CCN(c2cccc(NS(=O)(=O)C3CC3)c2)C1=O. The number of carbonyl (C=O) groups is 2. The fourth-order valence-electron chi connectivity index (χ4n) is 3.57. The number of carbonyl (C=O) groups excluding carboxylic acids is 2. The highest BCUT2D eigenvalue weighted by Gasteiger charge is 2.51. The van der Waals surface area contributed by atoms with Crippen LogP contribution in [-0.4, -0.2) is 42.7 Å². The highest BCUT2D eigenvalue weighted by Crippen LogP contribution is 2.33. The summed E-state index contributed by atoms with van der Waals surface area (Å²) in [5.74, 6) is -2.30. The number of aliphatic hydroxyl groups is 1. The minimum atomic E-state index is -3.47. The van der Waals surface area contributed by atoms with E-state index in [0.29, 0.717) is 29.8 Å². The van der Waals surface area contributed by atoms with E-state index in [1.807, 2.05) is 0 Å². The van der Waals surface area contributed by atoms with E-state index in [2.05, 4.69) is 10.0 Å². The lowest BCUT2D eigenvalue weighted by atomic mass is 10.0. The van der Waals surface area contributed by atoms with Crippen molar-refractivity contribution in [1.82, 2.24) is 5.32 Å². The van der Waals surface area contributed by atoms with Gasteiger partial charge >= 0.3 is 0 Å². The predicted octanol–water partition coefficient (Wildman–Crippen LogP) is 2.17. The van der Waals surface area contributed by atoms with Crippen molar-refractivity contribution < 1.29 is 27.5 Å². The molecule has 1 saturated heterocycles. The lowest BCUT2D eigenvalue weighted by Crippen LogP contribution is -2.52. The first-order chi connectivity index (χ1) is 15.1. The molecule has 0 aromatic heterocycles. The number of nitrogens with zero attached hydrogens (tertiary/aromatic N) is 1. The van der Waals surface area contributed by atoms with Crippen LogP contribution in [0.3, 0.4) is 0 Å². The van der Waals surface area contributed by atoms with Gasteiger partial charge in [-0.05, 0) is 54.8 Å². The number of rotatable bonds is 7. The Kier molecular flexibility index (Phi) is 5.87. The fraction of sp³-hybridized carbons (Fsp3) is 0.333. The summed E-state index contributed by atoms with van der Waals surface area (Å²) in [5.41, 5.74) is -1.26. The van der Waals surface area contributed by atoms with Gasteiger partial charge in [-0.25, -0.2) is 12.8 Å². The maximum atomic E-state index is 13.5. The average Bonchev–Trinajstić information content (AvgIpc) is 3.53. The number of nitrogens with one attached hydrogen (secondary N) is 2. The Balaban J connectivity index is 1.45. The molecule has 1 aliphatic heterocycles. The average molecular weight is 482 g/mol. The molecule has 0 unspecified atom stereocenters. The number of hydrogen-bond acceptors (Lipinski definition) is 5. The second kappa shape index (κ2) is 8.34. The van der Waals surface area contributed by atoms with Gasteiger partial charge in [0.05, 0.1) is 10.9 Å². The van der Waals surface area contributed by atoms with E-state index in [4.69, 9.17) is 11.6 Å². The highest BCUT2D eigenvalue weighted by atomic mass is 35.5. The van der Waals surface area contributed by atoms with E-state index in [9.17, 15) is 27.5 Å². The van der Waals surface area contributed by atoms with E-state index in [0.717, 1.165) is 6.07 Å². The number of benzene rings is 2. The highest BCUT2D eigenvalue weighted by molar-refractivity contribution is 7.93. The summed E-state index contributed by atoms with van der Waals surface area (Å²) >= 11 is 5.80. The first kappa shape index (κ1) is 22.5. The molecule has 2 amide bonds. The molecule has 170 valence electrons. The Morgan fingerprint density at radius 3 is 2.69 bits per heavy atom. The number of hydrogen-bond donors (Lipinski definition) is 3. The van der Waals surface area contributed by atoms with Crippen LogP contribution in [0.2, 0.25) is 5.02 Å². The third-order valence-electron chi connectivity index (χ3n) is 5.43. The monoisotopic (exact) mass is 481 g/mol. The van der Waals surface area contributed by atoms with Crippen molar-refractivity contribution in [2.75, 3.05) is 16.2 Å². The summed E-state index contributed by atoms with van der Waals surface area (Å²) in [6.07, 6.45) is 1.08. The van der Waals surface area contributed by atoms with Crippen LogP contribution in [0.25, 0.3) is 0 Å². The quantitative estimate of drug-likeness (QED) is 0.524. The third kappa shape index (κ3) is 4.57. The molecule has 4 rings (SSSR count). The summed E-state index contributed by atoms with van der Waals surface area (Å²) < 4.78 is 40.3. The molecule has 2 aliphatic rings. The zero-order valence-electron chi connectivity index (χ0n) is 16.8. The topological polar surface area (TPSA) is 116 Å². The van der Waals surface area contributed by atoms with Gasteiger partial charge in [-0.1, -0.05) is 17.7 Å². The van der Waals surface area contributed by atoms with E-state index >= 15 is 0 Å². The summed E-state index contributed by atoms with van der Waals surface area (Å²) in [6, 6.07) is 9.99. The summed E-state index contributed by atoms with van der Waals surface area (Å²) in [5, 5.41) is 13.0. The van der Waals surface area contributed by atoms with Crippen LogP contribution in [0.5, 0.6) is 0 Å². The fourth-order valence-corrected chi connectivity index (χ4v) is 5.19. The van der Waals surface area contributed by atoms with Gasteiger partial charge in [0, 0.05) is 30.2 Å². The number of halogens is 2. The van der Waals surface area contributed by atoms with Crippen LogP contribution in [0, 0.1) is 5.82 Å². The molecule has 1 aliphatic carbocycles. The molecule has 8 nitrogen and oxygen atoms in total. The largest absolute Gasteiger partial charge is 0.372 e. The second-order valence-corrected chi connectivity index (χ2v) is 10.3. The van der Waals surface area contributed by atoms with Crippen molar-refractivity contribution in [2.45, 2.75) is 36.7 Å². The smallest absolute Gasteiger partial charge is 0.268 e. The van der Waals surface area contributed by atoms with Crippen LogP contribution in [0.15, 0.2) is 42.5 Å². The zero-order valence-corrected chi connectivity index (χ0v) is 18.4. The summed E-state index contributed by atoms with van der Waals surface area (Å²) in [4.78, 5) is 26.7. The predicted molar refractivity (Wildman–Crippen MR) is 117 cm³/mol. The molecule has 11 heteroatoms. The van der Waals surface area contributed by atoms with Gasteiger partial charge in [0.1, 0.15) is 5.82 Å². The molecule has 2 aromatic rings. The van der Waals surface area contributed by atoms with Crippen LogP contribution in [0.1, 0.15) is 24.8 Å². The molecule has 3 N–H and O–H groups in total. The normalized spacial score (nSPS) is 21.0. The Labute approximate surface area is 189 Å². The molecule has 0 spiro atoms. The van der Waals surface area contributed by atoms with Gasteiger partial charge in [0.2, 0.25) is 15.6 Å². The molecular weight excluding hydrogens is 461 g/mol. The minimum Gasteiger partial charge on any atom is -0.372 e. The van der Waals surface area contributed by atoms with Crippen LogP contribution in [-0.2, 0) is 26.2 Å². The van der Waals surface area contributed by atoms with Crippen molar-refractivity contribution in [2.24, 2.45) is 0 Å². The van der Waals surface area contributed by atoms with Gasteiger partial charge in [-0.2, -0.15) is 0 Å². The van der Waals surface area contributed by atoms with Gasteiger partial charge in [-0.3, -0.25) is 14.3 Å². The molecule has 2 fully saturated rings. The van der Waals surface area contributed by atoms with E-state index in [-0.39, 0.29) is 24.5 Å². The molecular formula is C21H21ClFN3O5S. The summed E-state index contributed by atoms with van der Waals surface area (Å²) in [6.45, 7) is -0.0578. The Bertz CT molecular complexity index is 1170. The Morgan fingerprint density at radius 1 is 1.25 bits per heavy atom. The molecule has 0 radical (unpaired) electrons. The molecule has 1 atom stereocenters. The maximum Gasteiger partial charge on any atom is 0.268 e. The van der Waals surface area contributed by atoms with Gasteiger partial charge in [-0.15, -0.1) is 0 Å². The van der Waals surface area contributed by atoms with Crippen molar-refractivity contribution in [3.63, 3.8) is 0 Å². The van der Waals surface area contributed by atoms with E-state index in [1.54, 1.807) is 18.2 Å². The number of anilines is 2. The lowest BCUT2D eigenvalue weighted by molar-refractivity contribution is -0.149. The van der Waals surface area contributed by atoms with Crippen molar-refractivity contribution in [3.8, 4) is 0 Å². The Morgan fingerprint density at radius 2 is 2.00 bits per heavy atom. The molecule has 2 aromatic carbocycles. The molecule has 32 heavy (non-hydrogen) atoms. The van der Waals surface area contributed by atoms with Gasteiger partial charge < -0.3 is 15.3 Å². The maximum absolute atomic E-state index is 13.5. The van der Waals surface area contributed by atoms with E-state index < -0.39 is 38.5 Å². The minimum absolute atomic E-state index is 0.0629. The number of sulfonamides is 1. The number of amides is 2. The van der Waals surface area contributed by atoms with Crippen LogP contribution >= 0.6 is 11.6 Å². The van der Waals surface area contributed by atoms with Crippen LogP contribution in [0.4, 0.5) is 15.8 Å². The lowest BCUT2D eigenvalue weighted by Gasteiger charge is -2.22. The molecule has 0 bridgehead atoms. The molecule has 1 heterocycles. The first-order valence-electron chi connectivity index (χ1n) is 9.98. The summed E-state index contributed by atoms with van der Waals surface area (Å²) in [7, 11) is -3.47. The Hall–Kier alpha value is -2.69. The van der Waals surface area contributed by atoms with Crippen molar-refractivity contribution in [1.29, 1.82) is 0 Å². The van der Waals surface area contributed by atoms with Crippen molar-refractivity contribution >= 4 is 44.8 Å². The first-order valence-corrected chi connectivity index (χ1v) is 11.9. The van der Waals surface area contributed by atoms with Gasteiger partial charge in [0.25, 0.3) is 11.8 Å². The van der Waals surface area contributed by atoms with Crippen LogP contribution < -0.4 is 14.9 Å².